The van der Waals surface area contributed by atoms with Gasteiger partial charge in [-0.1, -0.05) is 81.1 Å². The van der Waals surface area contributed by atoms with E-state index < -0.39 is 30.1 Å². The van der Waals surface area contributed by atoms with Crippen LogP contribution in [0.5, 0.6) is 0 Å². The molecule has 2 aromatic carbocycles. The van der Waals surface area contributed by atoms with Crippen LogP contribution in [0.25, 0.3) is 11.1 Å². The first kappa shape index (κ1) is 24.8. The molecule has 4 rings (SSSR count). The van der Waals surface area contributed by atoms with Crippen molar-refractivity contribution in [3.05, 3.63) is 59.7 Å². The lowest BCUT2D eigenvalue weighted by atomic mass is 9.84. The number of hydrogen-bond donors (Lipinski definition) is 3. The van der Waals surface area contributed by atoms with Gasteiger partial charge in [-0.05, 0) is 41.5 Å². The predicted molar refractivity (Wildman–Crippen MR) is 133 cm³/mol. The quantitative estimate of drug-likeness (QED) is 0.478. The number of ether oxygens (including phenoxy) is 1. The van der Waals surface area contributed by atoms with Crippen molar-refractivity contribution in [2.45, 2.75) is 69.9 Å². The molecule has 3 atom stereocenters. The Bertz CT molecular complexity index is 1020. The Morgan fingerprint density at radius 1 is 1.00 bits per heavy atom. The molecule has 0 heterocycles. The SMILES string of the molecule is CCCC[C@H](NC(=O)OCC1c2ccccc2-c2ccccc21)C(=O)NC1CCCCC1C(=O)O. The summed E-state index contributed by atoms with van der Waals surface area (Å²) in [5, 5.41) is 15.2. The number of nitrogens with one attached hydrogen (secondary N) is 2. The highest BCUT2D eigenvalue weighted by atomic mass is 16.5. The Hall–Kier alpha value is -3.35. The van der Waals surface area contributed by atoms with Gasteiger partial charge in [0.15, 0.2) is 0 Å². The van der Waals surface area contributed by atoms with Gasteiger partial charge in [0.25, 0.3) is 0 Å². The number of aliphatic carboxylic acids is 1. The molecule has 0 aliphatic heterocycles. The van der Waals surface area contributed by atoms with Gasteiger partial charge < -0.3 is 20.5 Å². The zero-order valence-corrected chi connectivity index (χ0v) is 20.2. The molecule has 0 spiro atoms. The molecule has 0 radical (unpaired) electrons. The summed E-state index contributed by atoms with van der Waals surface area (Å²) in [5.41, 5.74) is 4.55. The Kier molecular flexibility index (Phi) is 8.06. The van der Waals surface area contributed by atoms with E-state index in [1.807, 2.05) is 31.2 Å². The molecule has 2 aromatic rings. The summed E-state index contributed by atoms with van der Waals surface area (Å²) >= 11 is 0. The minimum absolute atomic E-state index is 0.0605. The van der Waals surface area contributed by atoms with Crippen LogP contribution in [0.2, 0.25) is 0 Å². The molecular weight excluding hydrogens is 444 g/mol. The lowest BCUT2D eigenvalue weighted by molar-refractivity contribution is -0.144. The summed E-state index contributed by atoms with van der Waals surface area (Å²) in [6.45, 7) is 2.19. The van der Waals surface area contributed by atoms with E-state index in [-0.39, 0.29) is 18.4 Å². The van der Waals surface area contributed by atoms with Gasteiger partial charge in [-0.3, -0.25) is 9.59 Å². The molecular formula is C28H34N2O5. The zero-order chi connectivity index (χ0) is 24.8. The second-order valence-corrected chi connectivity index (χ2v) is 9.51. The maximum absolute atomic E-state index is 13.0. The number of rotatable bonds is 9. The van der Waals surface area contributed by atoms with Crippen LogP contribution in [0.3, 0.4) is 0 Å². The number of fused-ring (bicyclic) bond motifs is 3. The monoisotopic (exact) mass is 478 g/mol. The van der Waals surface area contributed by atoms with E-state index in [0.717, 1.165) is 47.9 Å². The Morgan fingerprint density at radius 2 is 1.63 bits per heavy atom. The standard InChI is InChI=1S/C28H34N2O5/c1-2-3-15-25(26(31)29-24-16-9-8-14-22(24)27(32)33)30-28(34)35-17-23-20-12-6-4-10-18(20)19-11-5-7-13-21(19)23/h4-7,10-13,22-25H,2-3,8-9,14-17H2,1H3,(H,29,31)(H,30,34)(H,32,33)/t22?,24?,25-/m0/s1. The van der Waals surface area contributed by atoms with Crippen molar-refractivity contribution in [3.63, 3.8) is 0 Å². The van der Waals surface area contributed by atoms with E-state index in [4.69, 9.17) is 4.74 Å². The van der Waals surface area contributed by atoms with Crippen LogP contribution in [-0.2, 0) is 14.3 Å². The molecule has 2 aliphatic rings. The first-order valence-corrected chi connectivity index (χ1v) is 12.6. The molecule has 3 N–H and O–H groups in total. The highest BCUT2D eigenvalue weighted by Gasteiger charge is 2.34. The van der Waals surface area contributed by atoms with Crippen molar-refractivity contribution in [1.82, 2.24) is 10.6 Å². The van der Waals surface area contributed by atoms with Gasteiger partial charge in [0.2, 0.25) is 5.91 Å². The second kappa shape index (κ2) is 11.4. The summed E-state index contributed by atoms with van der Waals surface area (Å²) in [7, 11) is 0. The highest BCUT2D eigenvalue weighted by Crippen LogP contribution is 2.44. The molecule has 1 fully saturated rings. The smallest absolute Gasteiger partial charge is 0.407 e. The summed E-state index contributed by atoms with van der Waals surface area (Å²) in [4.78, 5) is 37.4. The molecule has 0 bridgehead atoms. The summed E-state index contributed by atoms with van der Waals surface area (Å²) in [5.74, 6) is -1.88. The normalized spacial score (nSPS) is 19.8. The summed E-state index contributed by atoms with van der Waals surface area (Å²) < 4.78 is 5.63. The van der Waals surface area contributed by atoms with Crippen LogP contribution in [0.15, 0.2) is 48.5 Å². The number of carboxylic acid groups (broad SMARTS) is 1. The maximum Gasteiger partial charge on any atom is 0.407 e. The number of alkyl carbamates (subject to hydrolysis) is 1. The van der Waals surface area contributed by atoms with Gasteiger partial charge in [0, 0.05) is 12.0 Å². The zero-order valence-electron chi connectivity index (χ0n) is 20.2. The van der Waals surface area contributed by atoms with Crippen molar-refractivity contribution < 1.29 is 24.2 Å². The Labute approximate surface area is 206 Å². The third-order valence-electron chi connectivity index (χ3n) is 7.21. The van der Waals surface area contributed by atoms with Crippen LogP contribution in [0.1, 0.15) is 68.9 Å². The molecule has 0 saturated heterocycles. The molecule has 7 heteroatoms. The van der Waals surface area contributed by atoms with Crippen LogP contribution in [0, 0.1) is 5.92 Å². The Balaban J connectivity index is 1.39. The minimum Gasteiger partial charge on any atom is -0.481 e. The van der Waals surface area contributed by atoms with Crippen molar-refractivity contribution >= 4 is 18.0 Å². The number of carbonyl (C=O) groups is 3. The number of hydrogen-bond acceptors (Lipinski definition) is 4. The van der Waals surface area contributed by atoms with Crippen LogP contribution >= 0.6 is 0 Å². The Morgan fingerprint density at radius 3 is 2.26 bits per heavy atom. The first-order chi connectivity index (χ1) is 17.0. The molecule has 2 aliphatic carbocycles. The van der Waals surface area contributed by atoms with Crippen LogP contribution in [0.4, 0.5) is 4.79 Å². The second-order valence-electron chi connectivity index (χ2n) is 9.51. The highest BCUT2D eigenvalue weighted by molar-refractivity contribution is 5.86. The molecule has 0 aromatic heterocycles. The molecule has 2 unspecified atom stereocenters. The van der Waals surface area contributed by atoms with Crippen molar-refractivity contribution in [2.75, 3.05) is 6.61 Å². The van der Waals surface area contributed by atoms with Crippen molar-refractivity contribution in [3.8, 4) is 11.1 Å². The topological polar surface area (TPSA) is 105 Å². The number of benzene rings is 2. The van der Waals surface area contributed by atoms with Gasteiger partial charge in [0.1, 0.15) is 12.6 Å². The molecule has 186 valence electrons. The fourth-order valence-corrected chi connectivity index (χ4v) is 5.34. The van der Waals surface area contributed by atoms with Gasteiger partial charge in [-0.25, -0.2) is 4.79 Å². The van der Waals surface area contributed by atoms with E-state index in [0.29, 0.717) is 19.3 Å². The maximum atomic E-state index is 13.0. The largest absolute Gasteiger partial charge is 0.481 e. The fraction of sp³-hybridized carbons (Fsp3) is 0.464. The van der Waals surface area contributed by atoms with E-state index in [1.165, 1.54) is 0 Å². The number of unbranched alkanes of at least 4 members (excludes halogenated alkanes) is 1. The van der Waals surface area contributed by atoms with Crippen LogP contribution < -0.4 is 10.6 Å². The van der Waals surface area contributed by atoms with Gasteiger partial charge in [0.05, 0.1) is 5.92 Å². The average molecular weight is 479 g/mol. The molecule has 1 saturated carbocycles. The number of carboxylic acids is 1. The third kappa shape index (κ3) is 5.66. The summed E-state index contributed by atoms with van der Waals surface area (Å²) in [6, 6.07) is 15.1. The molecule has 2 amide bonds. The van der Waals surface area contributed by atoms with Crippen LogP contribution in [-0.4, -0.2) is 41.8 Å². The van der Waals surface area contributed by atoms with E-state index in [9.17, 15) is 19.5 Å². The summed E-state index contributed by atoms with van der Waals surface area (Å²) in [6.07, 6.45) is 4.38. The van der Waals surface area contributed by atoms with Crippen molar-refractivity contribution in [1.29, 1.82) is 0 Å². The van der Waals surface area contributed by atoms with E-state index in [1.54, 1.807) is 0 Å². The fourth-order valence-electron chi connectivity index (χ4n) is 5.34. The van der Waals surface area contributed by atoms with Gasteiger partial charge in [-0.2, -0.15) is 0 Å². The van der Waals surface area contributed by atoms with Gasteiger partial charge in [-0.15, -0.1) is 0 Å². The van der Waals surface area contributed by atoms with E-state index in [2.05, 4.69) is 34.9 Å². The average Bonchev–Trinajstić information content (AvgIpc) is 3.19. The molecule has 35 heavy (non-hydrogen) atoms. The van der Waals surface area contributed by atoms with Gasteiger partial charge >= 0.3 is 12.1 Å². The number of carbonyl (C=O) groups excluding carboxylic acids is 2. The lowest BCUT2D eigenvalue weighted by Crippen LogP contribution is -2.53. The molecule has 7 nitrogen and oxygen atoms in total. The minimum atomic E-state index is -0.885. The van der Waals surface area contributed by atoms with Crippen molar-refractivity contribution in [2.24, 2.45) is 5.92 Å². The predicted octanol–water partition coefficient (Wildman–Crippen LogP) is 4.84. The number of amides is 2. The third-order valence-corrected chi connectivity index (χ3v) is 7.21. The van der Waals surface area contributed by atoms with E-state index >= 15 is 0 Å². The lowest BCUT2D eigenvalue weighted by Gasteiger charge is -2.30. The first-order valence-electron chi connectivity index (χ1n) is 12.6.